The molecule has 0 aromatic heterocycles. The summed E-state index contributed by atoms with van der Waals surface area (Å²) in [6.07, 6.45) is 1.84. The highest BCUT2D eigenvalue weighted by Gasteiger charge is 2.28. The van der Waals surface area contributed by atoms with Gasteiger partial charge in [-0.3, -0.25) is 0 Å². The molecule has 0 bridgehead atoms. The smallest absolute Gasteiger partial charge is 0.333 e. The molecule has 0 aromatic carbocycles. The number of carbonyl (C=O) groups excluding carboxylic acids is 1. The minimum atomic E-state index is -1.61. The van der Waals surface area contributed by atoms with Crippen LogP contribution in [0, 0.1) is 0 Å². The van der Waals surface area contributed by atoms with E-state index in [0.29, 0.717) is 12.2 Å². The van der Waals surface area contributed by atoms with Gasteiger partial charge in [-0.2, -0.15) is 0 Å². The molecule has 0 atom stereocenters. The number of ether oxygens (including phenoxy) is 1. The molecule has 7 heteroatoms. The van der Waals surface area contributed by atoms with Crippen molar-refractivity contribution < 1.29 is 17.8 Å². The van der Waals surface area contributed by atoms with Crippen molar-refractivity contribution >= 4 is 31.9 Å². The average molecular weight is 349 g/mol. The molecular weight excluding hydrogens is 316 g/mol. The van der Waals surface area contributed by atoms with Gasteiger partial charge in [-0.1, -0.05) is 6.58 Å². The van der Waals surface area contributed by atoms with E-state index in [9.17, 15) is 4.79 Å². The van der Waals surface area contributed by atoms with E-state index in [0.717, 1.165) is 18.9 Å². The fourth-order valence-corrected chi connectivity index (χ4v) is 10.1. The molecule has 0 spiro atoms. The van der Waals surface area contributed by atoms with Gasteiger partial charge in [0.1, 0.15) is 0 Å². The Morgan fingerprint density at radius 2 is 1.48 bits per heavy atom. The Morgan fingerprint density at radius 1 is 1.00 bits per heavy atom. The summed E-state index contributed by atoms with van der Waals surface area (Å²) in [5, 5.41) is 0. The van der Waals surface area contributed by atoms with Gasteiger partial charge in [0, 0.05) is 5.57 Å². The zero-order chi connectivity index (χ0) is 16.7. The van der Waals surface area contributed by atoms with Crippen molar-refractivity contribution in [3.63, 3.8) is 0 Å². The molecule has 0 saturated heterocycles. The van der Waals surface area contributed by atoms with Crippen LogP contribution in [0.2, 0.25) is 45.3 Å². The second-order valence-corrected chi connectivity index (χ2v) is 19.1. The van der Waals surface area contributed by atoms with E-state index < -0.39 is 25.9 Å². The summed E-state index contributed by atoms with van der Waals surface area (Å²) >= 11 is 0. The Bertz CT molecular complexity index is 329. The average Bonchev–Trinajstić information content (AvgIpc) is 2.23. The van der Waals surface area contributed by atoms with E-state index in [-0.39, 0.29) is 5.97 Å². The number of esters is 1. The van der Waals surface area contributed by atoms with Crippen LogP contribution in [0.25, 0.3) is 0 Å². The highest BCUT2D eigenvalue weighted by Crippen LogP contribution is 2.16. The predicted octanol–water partition coefficient (Wildman–Crippen LogP) is 3.81. The number of carbonyl (C=O) groups is 1. The van der Waals surface area contributed by atoms with Crippen molar-refractivity contribution in [2.75, 3.05) is 6.61 Å². The van der Waals surface area contributed by atoms with Crippen LogP contribution >= 0.6 is 0 Å². The molecule has 0 N–H and O–H groups in total. The van der Waals surface area contributed by atoms with E-state index in [4.69, 9.17) is 13.0 Å². The molecule has 21 heavy (non-hydrogen) atoms. The van der Waals surface area contributed by atoms with Crippen LogP contribution in [0.1, 0.15) is 19.8 Å². The molecule has 0 saturated carbocycles. The monoisotopic (exact) mass is 348 g/mol. The molecule has 0 amide bonds. The summed E-state index contributed by atoms with van der Waals surface area (Å²) in [6.45, 7) is 18.9. The summed E-state index contributed by atoms with van der Waals surface area (Å²) < 4.78 is 17.6. The standard InChI is InChI=1S/C14H32O4Si3/c1-13(2)14(15)16-11-9-10-12-19(17-20(3,4)5)18-21(6,7)8/h19H,1,9-12H2,2-8H3. The maximum Gasteiger partial charge on any atom is 0.333 e. The van der Waals surface area contributed by atoms with Crippen LogP contribution in [0.5, 0.6) is 0 Å². The predicted molar refractivity (Wildman–Crippen MR) is 95.8 cm³/mol. The molecule has 0 aliphatic rings. The first-order valence-corrected chi connectivity index (χ1v) is 16.2. The maximum absolute atomic E-state index is 11.3. The first-order chi connectivity index (χ1) is 9.41. The van der Waals surface area contributed by atoms with Crippen molar-refractivity contribution in [2.45, 2.75) is 65.1 Å². The highest BCUT2D eigenvalue weighted by atomic mass is 28.4. The van der Waals surface area contributed by atoms with E-state index in [1.807, 2.05) is 0 Å². The summed E-state index contributed by atoms with van der Waals surface area (Å²) in [6, 6.07) is 0.985. The molecule has 0 aliphatic carbocycles. The van der Waals surface area contributed by atoms with Gasteiger partial charge in [-0.15, -0.1) is 0 Å². The third kappa shape index (κ3) is 13.2. The molecule has 0 unspecified atom stereocenters. The fourth-order valence-electron chi connectivity index (χ4n) is 1.63. The summed E-state index contributed by atoms with van der Waals surface area (Å²) in [7, 11) is -4.72. The number of rotatable bonds is 10. The van der Waals surface area contributed by atoms with Crippen LogP contribution in [0.4, 0.5) is 0 Å². The Kier molecular flexibility index (Phi) is 8.95. The Morgan fingerprint density at radius 3 is 1.86 bits per heavy atom. The van der Waals surface area contributed by atoms with Crippen molar-refractivity contribution in [1.29, 1.82) is 0 Å². The molecule has 0 radical (unpaired) electrons. The molecule has 0 aromatic rings. The Balaban J connectivity index is 4.13. The van der Waals surface area contributed by atoms with Gasteiger partial charge < -0.3 is 13.0 Å². The zero-order valence-electron chi connectivity index (χ0n) is 14.7. The van der Waals surface area contributed by atoms with Gasteiger partial charge >= 0.3 is 15.3 Å². The van der Waals surface area contributed by atoms with Crippen LogP contribution in [0.15, 0.2) is 12.2 Å². The number of unbranched alkanes of at least 4 members (excludes halogenated alkanes) is 1. The van der Waals surface area contributed by atoms with E-state index in [1.165, 1.54) is 0 Å². The number of hydrogen-bond acceptors (Lipinski definition) is 4. The lowest BCUT2D eigenvalue weighted by Gasteiger charge is -2.30. The normalized spacial score (nSPS) is 12.6. The van der Waals surface area contributed by atoms with Crippen LogP contribution in [-0.4, -0.2) is 38.5 Å². The minimum absolute atomic E-state index is 0.305. The fraction of sp³-hybridized carbons (Fsp3) is 0.786. The van der Waals surface area contributed by atoms with Crippen molar-refractivity contribution in [3.8, 4) is 0 Å². The van der Waals surface area contributed by atoms with Crippen LogP contribution in [-0.2, 0) is 17.8 Å². The first kappa shape index (κ1) is 20.8. The lowest BCUT2D eigenvalue weighted by Crippen LogP contribution is -2.43. The SMILES string of the molecule is C=C(C)C(=O)OCCCC[SiH](O[Si](C)(C)C)O[Si](C)(C)C. The number of hydrogen-bond donors (Lipinski definition) is 0. The molecule has 0 heterocycles. The summed E-state index contributed by atoms with van der Waals surface area (Å²) in [5.74, 6) is -0.305. The molecule has 124 valence electrons. The maximum atomic E-state index is 11.3. The van der Waals surface area contributed by atoms with Crippen LogP contribution < -0.4 is 0 Å². The van der Waals surface area contributed by atoms with Gasteiger partial charge in [0.2, 0.25) is 0 Å². The summed E-state index contributed by atoms with van der Waals surface area (Å²) in [4.78, 5) is 11.3. The second-order valence-electron chi connectivity index (χ2n) is 7.30. The van der Waals surface area contributed by atoms with Gasteiger partial charge in [0.15, 0.2) is 16.6 Å². The quantitative estimate of drug-likeness (QED) is 0.261. The minimum Gasteiger partial charge on any atom is -0.462 e. The lowest BCUT2D eigenvalue weighted by molar-refractivity contribution is -0.139. The van der Waals surface area contributed by atoms with E-state index >= 15 is 0 Å². The highest BCUT2D eigenvalue weighted by molar-refractivity contribution is 6.81. The van der Waals surface area contributed by atoms with Gasteiger partial charge in [0.25, 0.3) is 0 Å². The Labute approximate surface area is 134 Å². The van der Waals surface area contributed by atoms with Crippen LogP contribution in [0.3, 0.4) is 0 Å². The summed E-state index contributed by atoms with van der Waals surface area (Å²) in [5.41, 5.74) is 0.450. The second kappa shape index (κ2) is 9.04. The third-order valence-corrected chi connectivity index (χ3v) is 11.0. The van der Waals surface area contributed by atoms with Crippen molar-refractivity contribution in [2.24, 2.45) is 0 Å². The molecule has 0 fully saturated rings. The van der Waals surface area contributed by atoms with Gasteiger partial charge in [-0.05, 0) is 65.1 Å². The zero-order valence-corrected chi connectivity index (χ0v) is 17.9. The van der Waals surface area contributed by atoms with E-state index in [2.05, 4.69) is 45.9 Å². The molecule has 4 nitrogen and oxygen atoms in total. The molecule has 0 aliphatic heterocycles. The van der Waals surface area contributed by atoms with Crippen molar-refractivity contribution in [1.82, 2.24) is 0 Å². The molecular formula is C14H32O4Si3. The van der Waals surface area contributed by atoms with E-state index in [1.54, 1.807) is 6.92 Å². The Hall–Kier alpha value is -0.219. The third-order valence-electron chi connectivity index (χ3n) is 2.39. The van der Waals surface area contributed by atoms with Gasteiger partial charge in [-0.25, -0.2) is 4.79 Å². The largest absolute Gasteiger partial charge is 0.462 e. The van der Waals surface area contributed by atoms with Gasteiger partial charge in [0.05, 0.1) is 6.61 Å². The first-order valence-electron chi connectivity index (χ1n) is 7.59. The lowest BCUT2D eigenvalue weighted by atomic mass is 10.3. The molecule has 0 rings (SSSR count). The topological polar surface area (TPSA) is 44.8 Å². The van der Waals surface area contributed by atoms with Crippen molar-refractivity contribution in [3.05, 3.63) is 12.2 Å².